The lowest BCUT2D eigenvalue weighted by Crippen LogP contribution is -2.57. The predicted octanol–water partition coefficient (Wildman–Crippen LogP) is 3.07. The SMILES string of the molecule is O=C(O)CC(NC(=O)OCC1c2ccccc2-c2ccccc21)C(=O)N1CCCC(N2CCC2)C1. The molecule has 3 aliphatic rings. The molecule has 0 radical (unpaired) electrons. The van der Waals surface area contributed by atoms with Gasteiger partial charge < -0.3 is 20.1 Å². The Labute approximate surface area is 204 Å². The highest BCUT2D eigenvalue weighted by Crippen LogP contribution is 2.44. The Morgan fingerprint density at radius 3 is 2.23 bits per heavy atom. The van der Waals surface area contributed by atoms with E-state index < -0.39 is 24.5 Å². The Bertz CT molecular complexity index is 1070. The zero-order chi connectivity index (χ0) is 24.4. The second-order valence-electron chi connectivity index (χ2n) is 9.59. The number of carboxylic acid groups (broad SMARTS) is 1. The molecule has 2 heterocycles. The third-order valence-corrected chi connectivity index (χ3v) is 7.43. The van der Waals surface area contributed by atoms with Crippen molar-refractivity contribution >= 4 is 18.0 Å². The maximum atomic E-state index is 13.2. The van der Waals surface area contributed by atoms with Crippen molar-refractivity contribution in [2.75, 3.05) is 32.8 Å². The van der Waals surface area contributed by atoms with Crippen molar-refractivity contribution in [1.82, 2.24) is 15.1 Å². The van der Waals surface area contributed by atoms with Crippen molar-refractivity contribution in [2.24, 2.45) is 0 Å². The van der Waals surface area contributed by atoms with Gasteiger partial charge in [-0.15, -0.1) is 0 Å². The molecule has 2 unspecified atom stereocenters. The molecule has 2 saturated heterocycles. The summed E-state index contributed by atoms with van der Waals surface area (Å²) in [5.74, 6) is -1.61. The van der Waals surface area contributed by atoms with Gasteiger partial charge >= 0.3 is 12.1 Å². The first-order valence-electron chi connectivity index (χ1n) is 12.4. The maximum absolute atomic E-state index is 13.2. The van der Waals surface area contributed by atoms with Gasteiger partial charge in [-0.05, 0) is 54.6 Å². The normalized spacial score (nSPS) is 20.3. The first-order valence-corrected chi connectivity index (χ1v) is 12.4. The van der Waals surface area contributed by atoms with Crippen LogP contribution in [0.1, 0.15) is 42.7 Å². The van der Waals surface area contributed by atoms with Crippen molar-refractivity contribution in [2.45, 2.75) is 43.7 Å². The van der Waals surface area contributed by atoms with Crippen LogP contribution < -0.4 is 5.32 Å². The molecule has 184 valence electrons. The molecule has 2 atom stereocenters. The largest absolute Gasteiger partial charge is 0.481 e. The quantitative estimate of drug-likeness (QED) is 0.636. The summed E-state index contributed by atoms with van der Waals surface area (Å²) in [7, 11) is 0. The molecule has 2 N–H and O–H groups in total. The van der Waals surface area contributed by atoms with E-state index in [1.807, 2.05) is 36.4 Å². The van der Waals surface area contributed by atoms with Crippen molar-refractivity contribution in [1.29, 1.82) is 0 Å². The minimum atomic E-state index is -1.15. The van der Waals surface area contributed by atoms with Gasteiger partial charge in [0.25, 0.3) is 0 Å². The lowest BCUT2D eigenvalue weighted by Gasteiger charge is -2.44. The van der Waals surface area contributed by atoms with Crippen LogP contribution in [0.2, 0.25) is 0 Å². The van der Waals surface area contributed by atoms with Crippen molar-refractivity contribution in [3.05, 3.63) is 59.7 Å². The summed E-state index contributed by atoms with van der Waals surface area (Å²) >= 11 is 0. The van der Waals surface area contributed by atoms with E-state index in [0.29, 0.717) is 19.1 Å². The Hall–Kier alpha value is -3.39. The monoisotopic (exact) mass is 477 g/mol. The van der Waals surface area contributed by atoms with Gasteiger partial charge in [0.05, 0.1) is 6.42 Å². The number of carboxylic acids is 1. The lowest BCUT2D eigenvalue weighted by molar-refractivity contribution is -0.143. The van der Waals surface area contributed by atoms with E-state index in [9.17, 15) is 19.5 Å². The van der Waals surface area contributed by atoms with Gasteiger partial charge in [-0.25, -0.2) is 4.79 Å². The number of ether oxygens (including phenoxy) is 1. The number of benzene rings is 2. The standard InChI is InChI=1S/C27H31N3O5/c31-25(32)15-24(26(33)30-12-5-7-18(16-30)29-13-6-14-29)28-27(34)35-17-23-21-10-3-1-8-19(21)20-9-2-4-11-22(20)23/h1-4,8-11,18,23-24H,5-7,12-17H2,(H,28,34)(H,31,32). The molecule has 2 aliphatic heterocycles. The molecule has 0 aromatic heterocycles. The Morgan fingerprint density at radius 2 is 1.63 bits per heavy atom. The van der Waals surface area contributed by atoms with E-state index in [2.05, 4.69) is 22.3 Å². The van der Waals surface area contributed by atoms with Gasteiger partial charge in [-0.2, -0.15) is 0 Å². The van der Waals surface area contributed by atoms with E-state index in [1.54, 1.807) is 4.90 Å². The van der Waals surface area contributed by atoms with E-state index >= 15 is 0 Å². The fourth-order valence-corrected chi connectivity index (χ4v) is 5.54. The van der Waals surface area contributed by atoms with Crippen LogP contribution in [0.5, 0.6) is 0 Å². The molecule has 2 fully saturated rings. The van der Waals surface area contributed by atoms with Gasteiger partial charge in [0.15, 0.2) is 0 Å². The summed E-state index contributed by atoms with van der Waals surface area (Å²) in [5, 5.41) is 11.9. The Morgan fingerprint density at radius 1 is 0.971 bits per heavy atom. The fraction of sp³-hybridized carbons (Fsp3) is 0.444. The van der Waals surface area contributed by atoms with Crippen LogP contribution in [0.15, 0.2) is 48.5 Å². The van der Waals surface area contributed by atoms with Crippen LogP contribution in [0.25, 0.3) is 11.1 Å². The number of piperidine rings is 1. The maximum Gasteiger partial charge on any atom is 0.407 e. The first-order chi connectivity index (χ1) is 17.0. The molecule has 8 nitrogen and oxygen atoms in total. The summed E-state index contributed by atoms with van der Waals surface area (Å²) in [4.78, 5) is 41.5. The summed E-state index contributed by atoms with van der Waals surface area (Å²) in [6.45, 7) is 3.34. The van der Waals surface area contributed by atoms with E-state index in [-0.39, 0.29) is 18.4 Å². The van der Waals surface area contributed by atoms with Gasteiger partial charge in [0.1, 0.15) is 12.6 Å². The number of carbonyl (C=O) groups excluding carboxylic acids is 2. The number of carbonyl (C=O) groups is 3. The number of hydrogen-bond acceptors (Lipinski definition) is 5. The van der Waals surface area contributed by atoms with Crippen LogP contribution in [0.4, 0.5) is 4.79 Å². The molecule has 8 heteroatoms. The van der Waals surface area contributed by atoms with Crippen LogP contribution in [0, 0.1) is 0 Å². The van der Waals surface area contributed by atoms with Crippen molar-refractivity contribution in [3.8, 4) is 11.1 Å². The van der Waals surface area contributed by atoms with Gasteiger partial charge in [-0.3, -0.25) is 14.5 Å². The molecule has 2 amide bonds. The summed E-state index contributed by atoms with van der Waals surface area (Å²) in [5.41, 5.74) is 4.42. The zero-order valence-corrected chi connectivity index (χ0v) is 19.7. The highest BCUT2D eigenvalue weighted by atomic mass is 16.5. The molecular formula is C27H31N3O5. The van der Waals surface area contributed by atoms with Crippen LogP contribution in [-0.2, 0) is 14.3 Å². The molecule has 2 aromatic carbocycles. The molecule has 0 saturated carbocycles. The molecule has 1 aliphatic carbocycles. The number of nitrogens with one attached hydrogen (secondary N) is 1. The smallest absolute Gasteiger partial charge is 0.407 e. The van der Waals surface area contributed by atoms with Crippen molar-refractivity contribution < 1.29 is 24.2 Å². The van der Waals surface area contributed by atoms with E-state index in [1.165, 1.54) is 6.42 Å². The topological polar surface area (TPSA) is 99.2 Å². The molecule has 5 rings (SSSR count). The van der Waals surface area contributed by atoms with Crippen LogP contribution >= 0.6 is 0 Å². The van der Waals surface area contributed by atoms with Crippen molar-refractivity contribution in [3.63, 3.8) is 0 Å². The average Bonchev–Trinajstić information content (AvgIpc) is 3.14. The number of alkyl carbamates (subject to hydrolysis) is 1. The first kappa shape index (κ1) is 23.4. The lowest BCUT2D eigenvalue weighted by atomic mass is 9.98. The van der Waals surface area contributed by atoms with Gasteiger partial charge in [0.2, 0.25) is 5.91 Å². The number of aliphatic carboxylic acids is 1. The second-order valence-corrected chi connectivity index (χ2v) is 9.59. The minimum absolute atomic E-state index is 0.106. The number of likely N-dealkylation sites (tertiary alicyclic amines) is 2. The number of amides is 2. The van der Waals surface area contributed by atoms with Crippen LogP contribution in [0.3, 0.4) is 0 Å². The number of nitrogens with zero attached hydrogens (tertiary/aromatic N) is 2. The molecule has 0 spiro atoms. The van der Waals surface area contributed by atoms with E-state index in [0.717, 1.165) is 48.2 Å². The van der Waals surface area contributed by atoms with Gasteiger partial charge in [-0.1, -0.05) is 48.5 Å². The van der Waals surface area contributed by atoms with Crippen LogP contribution in [-0.4, -0.2) is 77.7 Å². The fourth-order valence-electron chi connectivity index (χ4n) is 5.54. The highest BCUT2D eigenvalue weighted by molar-refractivity contribution is 5.89. The summed E-state index contributed by atoms with van der Waals surface area (Å²) in [6, 6.07) is 15.2. The third kappa shape index (κ3) is 4.89. The molecule has 2 aromatic rings. The number of rotatable bonds is 7. The summed E-state index contributed by atoms with van der Waals surface area (Å²) < 4.78 is 5.55. The molecular weight excluding hydrogens is 446 g/mol. The Balaban J connectivity index is 1.23. The molecule has 35 heavy (non-hydrogen) atoms. The van der Waals surface area contributed by atoms with Gasteiger partial charge in [0, 0.05) is 25.0 Å². The number of fused-ring (bicyclic) bond motifs is 3. The zero-order valence-electron chi connectivity index (χ0n) is 19.7. The third-order valence-electron chi connectivity index (χ3n) is 7.43. The Kier molecular flexibility index (Phi) is 6.72. The second kappa shape index (κ2) is 10.1. The average molecular weight is 478 g/mol. The number of hydrogen-bond donors (Lipinski definition) is 2. The van der Waals surface area contributed by atoms with E-state index in [4.69, 9.17) is 4.74 Å². The highest BCUT2D eigenvalue weighted by Gasteiger charge is 2.35. The predicted molar refractivity (Wildman–Crippen MR) is 130 cm³/mol. The molecule has 0 bridgehead atoms. The minimum Gasteiger partial charge on any atom is -0.481 e. The summed E-state index contributed by atoms with van der Waals surface area (Å²) in [6.07, 6.45) is 1.83.